The van der Waals surface area contributed by atoms with Crippen molar-refractivity contribution >= 4 is 11.8 Å². The Morgan fingerprint density at radius 3 is 2.64 bits per heavy atom. The van der Waals surface area contributed by atoms with Crippen molar-refractivity contribution < 1.29 is 14.3 Å². The Bertz CT molecular complexity index is 509. The topological polar surface area (TPSA) is 64.8 Å². The number of ether oxygens (including phenoxy) is 2. The molecule has 2 N–H and O–H groups in total. The van der Waals surface area contributed by atoms with E-state index in [-0.39, 0.29) is 6.09 Å². The highest BCUT2D eigenvalue weighted by Gasteiger charge is 2.25. The number of hydrogen-bond acceptors (Lipinski definition) is 4. The monoisotopic (exact) mass is 306 g/mol. The third-order valence-corrected chi connectivity index (χ3v) is 4.02. The standard InChI is InChI=1S/C17H26N2O3/c1-12(2)11-22-17(20)19-8-6-13(7-9-19)14-4-5-15(18)16(10-14)21-3/h4-5,10,12-13H,6-9,11,18H2,1-3H3. The molecule has 122 valence electrons. The number of methoxy groups -OCH3 is 1. The van der Waals surface area contributed by atoms with E-state index in [1.54, 1.807) is 12.0 Å². The van der Waals surface area contributed by atoms with Crippen molar-refractivity contribution in [2.75, 3.05) is 32.5 Å². The molecule has 0 aliphatic carbocycles. The number of nitrogen functional groups attached to an aromatic ring is 1. The quantitative estimate of drug-likeness (QED) is 0.867. The van der Waals surface area contributed by atoms with Crippen LogP contribution in [0.3, 0.4) is 0 Å². The van der Waals surface area contributed by atoms with Gasteiger partial charge in [0.05, 0.1) is 19.4 Å². The summed E-state index contributed by atoms with van der Waals surface area (Å²) in [5, 5.41) is 0. The molecule has 2 rings (SSSR count). The van der Waals surface area contributed by atoms with E-state index in [4.69, 9.17) is 15.2 Å². The molecule has 1 fully saturated rings. The van der Waals surface area contributed by atoms with Gasteiger partial charge < -0.3 is 20.1 Å². The minimum absolute atomic E-state index is 0.193. The Morgan fingerprint density at radius 1 is 1.36 bits per heavy atom. The van der Waals surface area contributed by atoms with Crippen molar-refractivity contribution in [3.05, 3.63) is 23.8 Å². The first-order valence-electron chi connectivity index (χ1n) is 7.86. The van der Waals surface area contributed by atoms with Crippen LogP contribution in [0.2, 0.25) is 0 Å². The van der Waals surface area contributed by atoms with Crippen LogP contribution in [0.5, 0.6) is 5.75 Å². The van der Waals surface area contributed by atoms with E-state index in [0.29, 0.717) is 24.1 Å². The number of amides is 1. The van der Waals surface area contributed by atoms with Crippen LogP contribution in [0.1, 0.15) is 38.2 Å². The molecule has 1 heterocycles. The molecule has 0 radical (unpaired) electrons. The van der Waals surface area contributed by atoms with Gasteiger partial charge in [-0.05, 0) is 42.4 Å². The van der Waals surface area contributed by atoms with Crippen LogP contribution >= 0.6 is 0 Å². The maximum absolute atomic E-state index is 12.0. The average molecular weight is 306 g/mol. The highest BCUT2D eigenvalue weighted by Crippen LogP contribution is 2.32. The largest absolute Gasteiger partial charge is 0.495 e. The number of rotatable bonds is 4. The number of benzene rings is 1. The molecular weight excluding hydrogens is 280 g/mol. The predicted molar refractivity (Wildman–Crippen MR) is 87.1 cm³/mol. The van der Waals surface area contributed by atoms with Gasteiger partial charge in [-0.3, -0.25) is 0 Å². The van der Waals surface area contributed by atoms with E-state index in [9.17, 15) is 4.79 Å². The molecule has 1 saturated heterocycles. The van der Waals surface area contributed by atoms with Crippen molar-refractivity contribution in [3.63, 3.8) is 0 Å². The van der Waals surface area contributed by atoms with Gasteiger partial charge in [0.1, 0.15) is 5.75 Å². The minimum atomic E-state index is -0.193. The van der Waals surface area contributed by atoms with Crippen molar-refractivity contribution in [1.29, 1.82) is 0 Å². The summed E-state index contributed by atoms with van der Waals surface area (Å²) < 4.78 is 10.6. The van der Waals surface area contributed by atoms with E-state index in [2.05, 4.69) is 6.07 Å². The summed E-state index contributed by atoms with van der Waals surface area (Å²) in [6.45, 7) is 6.01. The highest BCUT2D eigenvalue weighted by molar-refractivity contribution is 5.67. The van der Waals surface area contributed by atoms with E-state index in [1.807, 2.05) is 26.0 Å². The number of nitrogens with zero attached hydrogens (tertiary/aromatic N) is 1. The van der Waals surface area contributed by atoms with E-state index in [0.717, 1.165) is 31.7 Å². The summed E-state index contributed by atoms with van der Waals surface area (Å²) in [6.07, 6.45) is 1.68. The normalized spacial score (nSPS) is 15.9. The molecule has 1 amide bonds. The van der Waals surface area contributed by atoms with Gasteiger partial charge in [0, 0.05) is 13.1 Å². The van der Waals surface area contributed by atoms with Crippen LogP contribution < -0.4 is 10.5 Å². The molecule has 0 unspecified atom stereocenters. The van der Waals surface area contributed by atoms with E-state index >= 15 is 0 Å². The maximum atomic E-state index is 12.0. The fraction of sp³-hybridized carbons (Fsp3) is 0.588. The van der Waals surface area contributed by atoms with Gasteiger partial charge in [-0.15, -0.1) is 0 Å². The SMILES string of the molecule is COc1cc(C2CCN(C(=O)OCC(C)C)CC2)ccc1N. The highest BCUT2D eigenvalue weighted by atomic mass is 16.6. The fourth-order valence-electron chi connectivity index (χ4n) is 2.71. The predicted octanol–water partition coefficient (Wildman–Crippen LogP) is 3.25. The maximum Gasteiger partial charge on any atom is 0.409 e. The molecule has 5 heteroatoms. The van der Waals surface area contributed by atoms with Gasteiger partial charge in [0.25, 0.3) is 0 Å². The minimum Gasteiger partial charge on any atom is -0.495 e. The molecule has 0 spiro atoms. The number of likely N-dealkylation sites (tertiary alicyclic amines) is 1. The van der Waals surface area contributed by atoms with Crippen LogP contribution in [-0.2, 0) is 4.74 Å². The lowest BCUT2D eigenvalue weighted by Gasteiger charge is -2.31. The average Bonchev–Trinajstić information content (AvgIpc) is 2.53. The van der Waals surface area contributed by atoms with Crippen LogP contribution in [-0.4, -0.2) is 37.8 Å². The van der Waals surface area contributed by atoms with Gasteiger partial charge in [-0.2, -0.15) is 0 Å². The van der Waals surface area contributed by atoms with Gasteiger partial charge >= 0.3 is 6.09 Å². The Balaban J connectivity index is 1.90. The molecule has 0 atom stereocenters. The lowest BCUT2D eigenvalue weighted by atomic mass is 9.89. The zero-order valence-electron chi connectivity index (χ0n) is 13.7. The van der Waals surface area contributed by atoms with Gasteiger partial charge in [0.2, 0.25) is 0 Å². The van der Waals surface area contributed by atoms with Crippen LogP contribution in [0.25, 0.3) is 0 Å². The van der Waals surface area contributed by atoms with Crippen molar-refractivity contribution in [2.45, 2.75) is 32.6 Å². The lowest BCUT2D eigenvalue weighted by molar-refractivity contribution is 0.0834. The molecule has 1 aromatic carbocycles. The Labute approximate surface area is 132 Å². The molecular formula is C17H26N2O3. The summed E-state index contributed by atoms with van der Waals surface area (Å²) in [4.78, 5) is 13.8. The number of piperidine rings is 1. The van der Waals surface area contributed by atoms with E-state index < -0.39 is 0 Å². The molecule has 0 saturated carbocycles. The second kappa shape index (κ2) is 7.38. The van der Waals surface area contributed by atoms with Gasteiger partial charge in [0.15, 0.2) is 0 Å². The summed E-state index contributed by atoms with van der Waals surface area (Å²) in [6, 6.07) is 5.94. The molecule has 0 aromatic heterocycles. The Morgan fingerprint density at radius 2 is 2.05 bits per heavy atom. The zero-order valence-corrected chi connectivity index (χ0v) is 13.7. The summed E-state index contributed by atoms with van der Waals surface area (Å²) in [5.74, 6) is 1.52. The molecule has 5 nitrogen and oxygen atoms in total. The number of nitrogens with two attached hydrogens (primary N) is 1. The Kier molecular flexibility index (Phi) is 5.52. The first kappa shape index (κ1) is 16.5. The zero-order chi connectivity index (χ0) is 16.1. The molecule has 1 aliphatic heterocycles. The van der Waals surface area contributed by atoms with Crippen molar-refractivity contribution in [3.8, 4) is 5.75 Å². The molecule has 0 bridgehead atoms. The molecule has 22 heavy (non-hydrogen) atoms. The van der Waals surface area contributed by atoms with E-state index in [1.165, 1.54) is 5.56 Å². The smallest absolute Gasteiger partial charge is 0.409 e. The first-order valence-corrected chi connectivity index (χ1v) is 7.86. The van der Waals surface area contributed by atoms with Gasteiger partial charge in [-0.1, -0.05) is 19.9 Å². The lowest BCUT2D eigenvalue weighted by Crippen LogP contribution is -2.38. The number of hydrogen-bond donors (Lipinski definition) is 1. The third kappa shape index (κ3) is 4.06. The van der Waals surface area contributed by atoms with Crippen LogP contribution in [0.15, 0.2) is 18.2 Å². The third-order valence-electron chi connectivity index (χ3n) is 4.02. The number of carbonyl (C=O) groups excluding carboxylic acids is 1. The van der Waals surface area contributed by atoms with Crippen molar-refractivity contribution in [2.24, 2.45) is 5.92 Å². The van der Waals surface area contributed by atoms with Crippen LogP contribution in [0.4, 0.5) is 10.5 Å². The number of anilines is 1. The Hall–Kier alpha value is -1.91. The van der Waals surface area contributed by atoms with Gasteiger partial charge in [-0.25, -0.2) is 4.79 Å². The second-order valence-electron chi connectivity index (χ2n) is 6.23. The molecule has 1 aromatic rings. The summed E-state index contributed by atoms with van der Waals surface area (Å²) in [5.41, 5.74) is 7.73. The summed E-state index contributed by atoms with van der Waals surface area (Å²) >= 11 is 0. The summed E-state index contributed by atoms with van der Waals surface area (Å²) in [7, 11) is 1.63. The van der Waals surface area contributed by atoms with Crippen molar-refractivity contribution in [1.82, 2.24) is 4.90 Å². The first-order chi connectivity index (χ1) is 10.5. The second-order valence-corrected chi connectivity index (χ2v) is 6.23. The molecule has 1 aliphatic rings. The number of carbonyl (C=O) groups is 1. The fourth-order valence-corrected chi connectivity index (χ4v) is 2.71. The van der Waals surface area contributed by atoms with Crippen LogP contribution in [0, 0.1) is 5.92 Å².